The van der Waals surface area contributed by atoms with Crippen molar-refractivity contribution in [2.24, 2.45) is 0 Å². The van der Waals surface area contributed by atoms with Crippen molar-refractivity contribution in [3.63, 3.8) is 0 Å². The van der Waals surface area contributed by atoms with Crippen molar-refractivity contribution in [2.75, 3.05) is 0 Å². The van der Waals surface area contributed by atoms with Crippen LogP contribution in [0.4, 0.5) is 0 Å². The lowest BCUT2D eigenvalue weighted by molar-refractivity contribution is 1.18. The highest BCUT2D eigenvalue weighted by molar-refractivity contribution is 6.20. The molecule has 0 unspecified atom stereocenters. The number of aromatic nitrogens is 2. The maximum atomic E-state index is 9.34. The molecular weight excluding hydrogens is 679 g/mol. The number of hydrogen-bond donors (Lipinski definition) is 0. The molecule has 0 fully saturated rings. The summed E-state index contributed by atoms with van der Waals surface area (Å²) in [6, 6.07) is 72.3. The van der Waals surface area contributed by atoms with E-state index >= 15 is 0 Å². The maximum Gasteiger partial charge on any atom is 0.160 e. The molecule has 0 N–H and O–H groups in total. The highest BCUT2D eigenvalue weighted by Gasteiger charge is 2.15. The fourth-order valence-corrected chi connectivity index (χ4v) is 7.87. The lowest BCUT2D eigenvalue weighted by Crippen LogP contribution is -1.96. The highest BCUT2D eigenvalue weighted by Crippen LogP contribution is 2.40. The molecule has 10 rings (SSSR count). The maximum absolute atomic E-state index is 9.34. The fourth-order valence-electron chi connectivity index (χ4n) is 7.87. The zero-order chi connectivity index (χ0) is 37.4. The molecule has 260 valence electrons. The van der Waals surface area contributed by atoms with E-state index in [9.17, 15) is 5.26 Å². The zero-order valence-corrected chi connectivity index (χ0v) is 30.4. The first-order valence-electron chi connectivity index (χ1n) is 18.8. The molecule has 0 saturated heterocycles. The van der Waals surface area contributed by atoms with E-state index < -0.39 is 0 Å². The minimum atomic E-state index is 0.640. The molecule has 0 bridgehead atoms. The molecule has 0 saturated carbocycles. The summed E-state index contributed by atoms with van der Waals surface area (Å²) in [4.78, 5) is 10.5. The van der Waals surface area contributed by atoms with Gasteiger partial charge in [-0.15, -0.1) is 0 Å². The summed E-state index contributed by atoms with van der Waals surface area (Å²) in [6.07, 6.45) is 0. The molecule has 3 heteroatoms. The topological polar surface area (TPSA) is 49.6 Å². The lowest BCUT2D eigenvalue weighted by atomic mass is 9.89. The van der Waals surface area contributed by atoms with Crippen molar-refractivity contribution in [1.29, 1.82) is 5.26 Å². The Morgan fingerprint density at radius 1 is 0.321 bits per heavy atom. The second-order valence-corrected chi connectivity index (χ2v) is 14.1. The molecule has 0 aliphatic rings. The third kappa shape index (κ3) is 6.06. The van der Waals surface area contributed by atoms with Gasteiger partial charge < -0.3 is 0 Å². The first kappa shape index (κ1) is 32.9. The van der Waals surface area contributed by atoms with Gasteiger partial charge in [0.15, 0.2) is 5.82 Å². The number of nitriles is 1. The van der Waals surface area contributed by atoms with Gasteiger partial charge in [0.05, 0.1) is 23.0 Å². The zero-order valence-electron chi connectivity index (χ0n) is 30.4. The molecule has 1 aromatic heterocycles. The van der Waals surface area contributed by atoms with E-state index in [4.69, 9.17) is 9.97 Å². The molecule has 0 spiro atoms. The molecule has 3 nitrogen and oxygen atoms in total. The summed E-state index contributed by atoms with van der Waals surface area (Å²) in [5.74, 6) is 0.659. The number of fused-ring (bicyclic) bond motifs is 4. The summed E-state index contributed by atoms with van der Waals surface area (Å²) < 4.78 is 0. The van der Waals surface area contributed by atoms with Crippen molar-refractivity contribution < 1.29 is 0 Å². The number of rotatable bonds is 6. The van der Waals surface area contributed by atoms with Gasteiger partial charge in [0.1, 0.15) is 0 Å². The van der Waals surface area contributed by atoms with E-state index in [-0.39, 0.29) is 0 Å². The van der Waals surface area contributed by atoms with Crippen LogP contribution in [0.1, 0.15) is 5.56 Å². The Morgan fingerprint density at radius 3 is 1.54 bits per heavy atom. The van der Waals surface area contributed by atoms with Crippen molar-refractivity contribution in [2.45, 2.75) is 0 Å². The molecule has 0 amide bonds. The summed E-state index contributed by atoms with van der Waals surface area (Å²) >= 11 is 0. The molecular formula is C53H33N3. The number of nitrogens with zero attached hydrogens (tertiary/aromatic N) is 3. The van der Waals surface area contributed by atoms with Crippen LogP contribution in [0, 0.1) is 11.3 Å². The molecule has 0 aliphatic carbocycles. The Labute approximate surface area is 325 Å². The minimum Gasteiger partial charge on any atom is -0.228 e. The van der Waals surface area contributed by atoms with Crippen LogP contribution in [0.2, 0.25) is 0 Å². The standard InChI is InChI=1S/C53H33N3/c54-34-35-20-22-37(23-21-35)42-15-9-17-45(31-42)51-33-50(44-16-8-14-41(30-44)36-10-2-1-3-11-36)55-53(56-51)40-26-24-39(25-27-40)52-47-19-7-5-13-43(47)32-49-46-18-6-4-12-38(46)28-29-48(49)52/h1-33H. The van der Waals surface area contributed by atoms with E-state index in [1.54, 1.807) is 0 Å². The number of hydrogen-bond acceptors (Lipinski definition) is 3. The van der Waals surface area contributed by atoms with Crippen LogP contribution < -0.4 is 0 Å². The molecule has 9 aromatic carbocycles. The van der Waals surface area contributed by atoms with Gasteiger partial charge in [-0.1, -0.05) is 164 Å². The van der Waals surface area contributed by atoms with Gasteiger partial charge in [0.25, 0.3) is 0 Å². The van der Waals surface area contributed by atoms with Crippen LogP contribution in [-0.2, 0) is 0 Å². The van der Waals surface area contributed by atoms with Gasteiger partial charge in [-0.2, -0.15) is 5.26 Å². The van der Waals surface area contributed by atoms with Crippen LogP contribution >= 0.6 is 0 Å². The molecule has 0 aliphatic heterocycles. The fraction of sp³-hybridized carbons (Fsp3) is 0. The Morgan fingerprint density at radius 2 is 0.857 bits per heavy atom. The first-order valence-corrected chi connectivity index (χ1v) is 18.8. The Bertz CT molecular complexity index is 3120. The third-order valence-corrected chi connectivity index (χ3v) is 10.7. The average Bonchev–Trinajstić information content (AvgIpc) is 3.28. The van der Waals surface area contributed by atoms with E-state index in [1.165, 1.54) is 37.9 Å². The van der Waals surface area contributed by atoms with Crippen LogP contribution in [-0.4, -0.2) is 9.97 Å². The summed E-state index contributed by atoms with van der Waals surface area (Å²) in [7, 11) is 0. The monoisotopic (exact) mass is 711 g/mol. The summed E-state index contributed by atoms with van der Waals surface area (Å²) in [6.45, 7) is 0. The predicted octanol–water partition coefficient (Wildman–Crippen LogP) is 13.8. The lowest BCUT2D eigenvalue weighted by Gasteiger charge is -2.15. The van der Waals surface area contributed by atoms with Crippen LogP contribution in [0.25, 0.3) is 99.6 Å². The third-order valence-electron chi connectivity index (χ3n) is 10.7. The normalized spacial score (nSPS) is 11.2. The van der Waals surface area contributed by atoms with Crippen LogP contribution in [0.5, 0.6) is 0 Å². The Balaban J connectivity index is 1.11. The molecule has 0 radical (unpaired) electrons. The molecule has 0 atom stereocenters. The van der Waals surface area contributed by atoms with Crippen molar-refractivity contribution >= 4 is 32.3 Å². The van der Waals surface area contributed by atoms with Crippen molar-refractivity contribution in [3.8, 4) is 73.4 Å². The predicted molar refractivity (Wildman–Crippen MR) is 232 cm³/mol. The average molecular weight is 712 g/mol. The smallest absolute Gasteiger partial charge is 0.160 e. The van der Waals surface area contributed by atoms with Gasteiger partial charge in [0, 0.05) is 16.7 Å². The van der Waals surface area contributed by atoms with Crippen LogP contribution in [0.3, 0.4) is 0 Å². The Hall–Kier alpha value is -7.67. The van der Waals surface area contributed by atoms with Gasteiger partial charge in [-0.05, 0) is 102 Å². The second kappa shape index (κ2) is 14.0. The SMILES string of the molecule is N#Cc1ccc(-c2cccc(-c3cc(-c4cccc(-c5ccccc5)c4)nc(-c4ccc(-c5c6ccccc6cc6c5ccc5ccccc56)cc4)n3)c2)cc1. The van der Waals surface area contributed by atoms with E-state index in [0.717, 1.165) is 55.9 Å². The minimum absolute atomic E-state index is 0.640. The largest absolute Gasteiger partial charge is 0.228 e. The highest BCUT2D eigenvalue weighted by atomic mass is 14.9. The van der Waals surface area contributed by atoms with Crippen molar-refractivity contribution in [3.05, 3.63) is 206 Å². The van der Waals surface area contributed by atoms with Crippen LogP contribution in [0.15, 0.2) is 200 Å². The van der Waals surface area contributed by atoms with Gasteiger partial charge in [-0.3, -0.25) is 0 Å². The Kier molecular flexibility index (Phi) is 8.21. The van der Waals surface area contributed by atoms with E-state index in [2.05, 4.69) is 176 Å². The molecule has 10 aromatic rings. The summed E-state index contributed by atoms with van der Waals surface area (Å²) in [5.41, 5.74) is 12.0. The van der Waals surface area contributed by atoms with E-state index in [1.807, 2.05) is 30.3 Å². The quantitative estimate of drug-likeness (QED) is 0.127. The van der Waals surface area contributed by atoms with E-state index in [0.29, 0.717) is 11.4 Å². The van der Waals surface area contributed by atoms with Gasteiger partial charge >= 0.3 is 0 Å². The molecule has 1 heterocycles. The summed E-state index contributed by atoms with van der Waals surface area (Å²) in [5, 5.41) is 16.8. The van der Waals surface area contributed by atoms with Crippen molar-refractivity contribution in [1.82, 2.24) is 9.97 Å². The second-order valence-electron chi connectivity index (χ2n) is 14.1. The first-order chi connectivity index (χ1) is 27.7. The molecule has 56 heavy (non-hydrogen) atoms. The number of benzene rings is 9. The van der Waals surface area contributed by atoms with Gasteiger partial charge in [-0.25, -0.2) is 9.97 Å². The van der Waals surface area contributed by atoms with Gasteiger partial charge in [0.2, 0.25) is 0 Å².